The Labute approximate surface area is 285 Å². The molecular formula is C37H55N7O4. The maximum absolute atomic E-state index is 13.3. The van der Waals surface area contributed by atoms with Gasteiger partial charge in [0.05, 0.1) is 23.9 Å². The molecule has 1 atom stereocenters. The molecule has 2 amide bonds. The van der Waals surface area contributed by atoms with Gasteiger partial charge < -0.3 is 25.4 Å². The van der Waals surface area contributed by atoms with Crippen LogP contribution in [0.15, 0.2) is 30.5 Å². The predicted molar refractivity (Wildman–Crippen MR) is 190 cm³/mol. The van der Waals surface area contributed by atoms with Gasteiger partial charge in [0.2, 0.25) is 5.91 Å². The molecule has 2 fully saturated rings. The Morgan fingerprint density at radius 2 is 1.79 bits per heavy atom. The third kappa shape index (κ3) is 9.54. The van der Waals surface area contributed by atoms with Crippen molar-refractivity contribution in [3.8, 4) is 0 Å². The molecule has 1 aromatic carbocycles. The molecular weight excluding hydrogens is 606 g/mol. The lowest BCUT2D eigenvalue weighted by Crippen LogP contribution is -2.33. The van der Waals surface area contributed by atoms with Crippen molar-refractivity contribution in [2.24, 2.45) is 0 Å². The van der Waals surface area contributed by atoms with Crippen LogP contribution in [0.5, 0.6) is 0 Å². The number of benzene rings is 1. The van der Waals surface area contributed by atoms with Gasteiger partial charge in [0.25, 0.3) is 5.91 Å². The summed E-state index contributed by atoms with van der Waals surface area (Å²) in [4.78, 5) is 33.4. The van der Waals surface area contributed by atoms with E-state index in [1.165, 1.54) is 32.2 Å². The SMILES string of the molecule is CCc1nc2c(cnn2CC)c(NC2CCOCC2)c1CNC(=O)c1ccc(NC(=O)CCCCCCCN2CCC[C@H]2COC)cc1. The number of rotatable bonds is 18. The summed E-state index contributed by atoms with van der Waals surface area (Å²) in [6.45, 7) is 9.88. The molecule has 11 heteroatoms. The third-order valence-electron chi connectivity index (χ3n) is 9.74. The molecule has 0 saturated carbocycles. The van der Waals surface area contributed by atoms with Crippen molar-refractivity contribution in [3.05, 3.63) is 47.3 Å². The third-order valence-corrected chi connectivity index (χ3v) is 9.74. The molecule has 3 N–H and O–H groups in total. The molecule has 48 heavy (non-hydrogen) atoms. The van der Waals surface area contributed by atoms with E-state index >= 15 is 0 Å². The van der Waals surface area contributed by atoms with Gasteiger partial charge >= 0.3 is 0 Å². The first-order valence-corrected chi connectivity index (χ1v) is 18.1. The van der Waals surface area contributed by atoms with E-state index in [1.807, 2.05) is 10.9 Å². The van der Waals surface area contributed by atoms with Crippen LogP contribution in [0, 0.1) is 0 Å². The highest BCUT2D eigenvalue weighted by atomic mass is 16.5. The molecule has 2 aliphatic rings. The molecule has 0 unspecified atom stereocenters. The highest BCUT2D eigenvalue weighted by Gasteiger charge is 2.24. The predicted octanol–water partition coefficient (Wildman–Crippen LogP) is 5.92. The Morgan fingerprint density at radius 1 is 1.02 bits per heavy atom. The van der Waals surface area contributed by atoms with Crippen LogP contribution in [0.4, 0.5) is 11.4 Å². The smallest absolute Gasteiger partial charge is 0.251 e. The number of methoxy groups -OCH3 is 1. The number of likely N-dealkylation sites (tertiary alicyclic amines) is 1. The number of aryl methyl sites for hydroxylation is 2. The largest absolute Gasteiger partial charge is 0.383 e. The second kappa shape index (κ2) is 18.3. The number of carbonyl (C=O) groups is 2. The Kier molecular flexibility index (Phi) is 13.6. The Morgan fingerprint density at radius 3 is 2.54 bits per heavy atom. The molecule has 0 aliphatic carbocycles. The molecule has 5 rings (SSSR count). The number of unbranched alkanes of at least 4 members (excludes halogenated alkanes) is 4. The van der Waals surface area contributed by atoms with E-state index in [9.17, 15) is 9.59 Å². The number of ether oxygens (including phenoxy) is 2. The lowest BCUT2D eigenvalue weighted by Gasteiger charge is -2.26. The standard InChI is InChI=1S/C37H55N7O4/c1-4-33-31(35(41-29-18-22-48-23-19-29)32-25-39-44(5-2)36(32)42-33)24-38-37(46)27-14-16-28(17-15-27)40-34(45)13-9-7-6-8-10-20-43-21-11-12-30(43)26-47-3/h14-17,25,29-30H,4-13,18-24,26H2,1-3H3,(H,38,46)(H,40,45)(H,41,42)/t30-/m0/s1. The molecule has 2 aliphatic heterocycles. The fraction of sp³-hybridized carbons (Fsp3) is 0.622. The summed E-state index contributed by atoms with van der Waals surface area (Å²) in [5.74, 6) is -0.159. The van der Waals surface area contributed by atoms with Gasteiger partial charge in [0.15, 0.2) is 5.65 Å². The highest BCUT2D eigenvalue weighted by molar-refractivity contribution is 5.96. The number of amides is 2. The van der Waals surface area contributed by atoms with Gasteiger partial charge in [-0.15, -0.1) is 0 Å². The fourth-order valence-electron chi connectivity index (χ4n) is 7.00. The minimum absolute atomic E-state index is 0.0117. The van der Waals surface area contributed by atoms with Crippen molar-refractivity contribution in [2.75, 3.05) is 50.7 Å². The second-order valence-corrected chi connectivity index (χ2v) is 13.1. The van der Waals surface area contributed by atoms with Crippen LogP contribution in [0.1, 0.15) is 99.7 Å². The summed E-state index contributed by atoms with van der Waals surface area (Å²) < 4.78 is 12.9. The Hall–Kier alpha value is -3.54. The van der Waals surface area contributed by atoms with Crippen molar-refractivity contribution in [2.45, 2.75) is 110 Å². The first-order valence-electron chi connectivity index (χ1n) is 18.1. The van der Waals surface area contributed by atoms with Gasteiger partial charge in [-0.1, -0.05) is 26.2 Å². The van der Waals surface area contributed by atoms with E-state index in [0.29, 0.717) is 30.3 Å². The molecule has 0 radical (unpaired) electrons. The van der Waals surface area contributed by atoms with Crippen LogP contribution in [0.3, 0.4) is 0 Å². The second-order valence-electron chi connectivity index (χ2n) is 13.1. The number of fused-ring (bicyclic) bond motifs is 1. The van der Waals surface area contributed by atoms with Crippen molar-refractivity contribution in [1.82, 2.24) is 25.0 Å². The average Bonchev–Trinajstić information content (AvgIpc) is 3.74. The summed E-state index contributed by atoms with van der Waals surface area (Å²) in [6, 6.07) is 7.99. The minimum atomic E-state index is -0.171. The van der Waals surface area contributed by atoms with Gasteiger partial charge in [-0.2, -0.15) is 5.10 Å². The van der Waals surface area contributed by atoms with Crippen molar-refractivity contribution in [1.29, 1.82) is 0 Å². The zero-order chi connectivity index (χ0) is 33.7. The summed E-state index contributed by atoms with van der Waals surface area (Å²) >= 11 is 0. The maximum Gasteiger partial charge on any atom is 0.251 e. The molecule has 2 saturated heterocycles. The van der Waals surface area contributed by atoms with E-state index in [-0.39, 0.29) is 17.9 Å². The van der Waals surface area contributed by atoms with E-state index in [4.69, 9.17) is 14.5 Å². The Bertz CT molecular complexity index is 1470. The number of carbonyl (C=O) groups excluding carboxylic acids is 2. The normalized spacial score (nSPS) is 17.2. The number of hydrogen-bond donors (Lipinski definition) is 3. The topological polar surface area (TPSA) is 123 Å². The monoisotopic (exact) mass is 661 g/mol. The fourth-order valence-corrected chi connectivity index (χ4v) is 7.00. The zero-order valence-electron chi connectivity index (χ0n) is 29.2. The summed E-state index contributed by atoms with van der Waals surface area (Å²) in [7, 11) is 1.79. The van der Waals surface area contributed by atoms with Gasteiger partial charge in [0, 0.05) is 74.4 Å². The maximum atomic E-state index is 13.3. The summed E-state index contributed by atoms with van der Waals surface area (Å²) in [5, 5.41) is 15.4. The highest BCUT2D eigenvalue weighted by Crippen LogP contribution is 2.31. The van der Waals surface area contributed by atoms with Crippen molar-refractivity contribution >= 4 is 34.2 Å². The van der Waals surface area contributed by atoms with E-state index < -0.39 is 0 Å². The van der Waals surface area contributed by atoms with Crippen molar-refractivity contribution in [3.63, 3.8) is 0 Å². The number of pyridine rings is 1. The number of nitrogens with zero attached hydrogens (tertiary/aromatic N) is 4. The van der Waals surface area contributed by atoms with Crippen LogP contribution < -0.4 is 16.0 Å². The summed E-state index contributed by atoms with van der Waals surface area (Å²) in [6.07, 6.45) is 13.0. The molecule has 4 heterocycles. The first kappa shape index (κ1) is 35.8. The van der Waals surface area contributed by atoms with Gasteiger partial charge in [-0.25, -0.2) is 9.67 Å². The van der Waals surface area contributed by atoms with Crippen LogP contribution in [0.2, 0.25) is 0 Å². The minimum Gasteiger partial charge on any atom is -0.383 e. The van der Waals surface area contributed by atoms with Gasteiger partial charge in [-0.3, -0.25) is 14.5 Å². The number of anilines is 2. The number of aromatic nitrogens is 3. The molecule has 0 bridgehead atoms. The molecule has 11 nitrogen and oxygen atoms in total. The average molecular weight is 662 g/mol. The van der Waals surface area contributed by atoms with Crippen LogP contribution in [0.25, 0.3) is 11.0 Å². The zero-order valence-corrected chi connectivity index (χ0v) is 29.2. The molecule has 262 valence electrons. The quantitative estimate of drug-likeness (QED) is 0.144. The van der Waals surface area contributed by atoms with Crippen LogP contribution in [-0.2, 0) is 33.8 Å². The van der Waals surface area contributed by atoms with Crippen LogP contribution >= 0.6 is 0 Å². The van der Waals surface area contributed by atoms with Gasteiger partial charge in [0.1, 0.15) is 0 Å². The first-order chi connectivity index (χ1) is 23.5. The number of hydrogen-bond acceptors (Lipinski definition) is 8. The number of nitrogens with one attached hydrogen (secondary N) is 3. The lowest BCUT2D eigenvalue weighted by molar-refractivity contribution is -0.116. The van der Waals surface area contributed by atoms with E-state index in [0.717, 1.165) is 99.4 Å². The van der Waals surface area contributed by atoms with Crippen molar-refractivity contribution < 1.29 is 19.1 Å². The summed E-state index contributed by atoms with van der Waals surface area (Å²) in [5.41, 5.74) is 5.04. The van der Waals surface area contributed by atoms with Crippen LogP contribution in [-0.4, -0.2) is 83.6 Å². The van der Waals surface area contributed by atoms with Gasteiger partial charge in [-0.05, 0) is 89.2 Å². The molecule has 2 aromatic heterocycles. The van der Waals surface area contributed by atoms with E-state index in [1.54, 1.807) is 31.4 Å². The molecule has 0 spiro atoms. The Balaban J connectivity index is 1.08. The van der Waals surface area contributed by atoms with E-state index in [2.05, 4.69) is 39.8 Å². The molecule has 3 aromatic rings. The lowest BCUT2D eigenvalue weighted by atomic mass is 10.0.